The highest BCUT2D eigenvalue weighted by Crippen LogP contribution is 2.30. The summed E-state index contributed by atoms with van der Waals surface area (Å²) in [6.45, 7) is 6.01. The molecule has 1 aliphatic rings. The van der Waals surface area contributed by atoms with Crippen LogP contribution in [0.4, 0.5) is 0 Å². The van der Waals surface area contributed by atoms with E-state index in [1.165, 1.54) is 4.91 Å². The number of halogens is 1. The largest absolute Gasteiger partial charge is 0.320 e. The number of hydrogen-bond donors (Lipinski definition) is 1. The highest BCUT2D eigenvalue weighted by atomic mass is 79.9. The second-order valence-electron chi connectivity index (χ2n) is 2.56. The Hall–Kier alpha value is 0.01000. The van der Waals surface area contributed by atoms with Crippen LogP contribution < -0.4 is 5.73 Å². The topological polar surface area (TPSA) is 26.0 Å². The Morgan fingerprint density at radius 2 is 2.33 bits per heavy atom. The van der Waals surface area contributed by atoms with Crippen LogP contribution in [0, 0.1) is 0 Å². The SMILES string of the molecule is C=C1C=C(Br)C=C(SCC)C1N. The summed E-state index contributed by atoms with van der Waals surface area (Å²) in [5.41, 5.74) is 6.89. The van der Waals surface area contributed by atoms with E-state index < -0.39 is 0 Å². The Morgan fingerprint density at radius 3 is 2.92 bits per heavy atom. The molecule has 1 unspecified atom stereocenters. The van der Waals surface area contributed by atoms with Crippen molar-refractivity contribution in [3.8, 4) is 0 Å². The Bertz CT molecular complexity index is 255. The minimum Gasteiger partial charge on any atom is -0.320 e. The summed E-state index contributed by atoms with van der Waals surface area (Å²) in [5, 5.41) is 0. The van der Waals surface area contributed by atoms with Crippen LogP contribution in [-0.2, 0) is 0 Å². The average Bonchev–Trinajstić information content (AvgIpc) is 2.00. The highest BCUT2D eigenvalue weighted by Gasteiger charge is 2.15. The van der Waals surface area contributed by atoms with Crippen molar-refractivity contribution in [3.05, 3.63) is 33.7 Å². The van der Waals surface area contributed by atoms with Gasteiger partial charge in [0, 0.05) is 9.39 Å². The minimum atomic E-state index is -0.00347. The van der Waals surface area contributed by atoms with E-state index in [1.807, 2.05) is 6.08 Å². The van der Waals surface area contributed by atoms with Gasteiger partial charge in [-0.05, 0) is 23.5 Å². The first-order valence-corrected chi connectivity index (χ1v) is 5.59. The van der Waals surface area contributed by atoms with Gasteiger partial charge in [-0.3, -0.25) is 0 Å². The van der Waals surface area contributed by atoms with E-state index >= 15 is 0 Å². The van der Waals surface area contributed by atoms with E-state index in [-0.39, 0.29) is 6.04 Å². The van der Waals surface area contributed by atoms with Gasteiger partial charge in [-0.25, -0.2) is 0 Å². The monoisotopic (exact) mass is 245 g/mol. The van der Waals surface area contributed by atoms with Gasteiger partial charge >= 0.3 is 0 Å². The summed E-state index contributed by atoms with van der Waals surface area (Å²) in [6, 6.07) is -0.00347. The van der Waals surface area contributed by atoms with Gasteiger partial charge < -0.3 is 5.73 Å². The molecular weight excluding hydrogens is 234 g/mol. The van der Waals surface area contributed by atoms with Gasteiger partial charge in [-0.15, -0.1) is 11.8 Å². The van der Waals surface area contributed by atoms with Gasteiger partial charge in [0.15, 0.2) is 0 Å². The molecule has 1 aliphatic carbocycles. The summed E-state index contributed by atoms with van der Waals surface area (Å²) < 4.78 is 1.06. The van der Waals surface area contributed by atoms with E-state index in [0.29, 0.717) is 0 Å². The fourth-order valence-electron chi connectivity index (χ4n) is 1.02. The van der Waals surface area contributed by atoms with Crippen LogP contribution in [0.15, 0.2) is 33.7 Å². The van der Waals surface area contributed by atoms with E-state index in [2.05, 4.69) is 35.5 Å². The predicted molar refractivity (Wildman–Crippen MR) is 60.3 cm³/mol. The summed E-state index contributed by atoms with van der Waals surface area (Å²) in [6.07, 6.45) is 4.03. The molecule has 0 aromatic rings. The van der Waals surface area contributed by atoms with Gasteiger partial charge in [-0.2, -0.15) is 0 Å². The van der Waals surface area contributed by atoms with Gasteiger partial charge in [0.05, 0.1) is 6.04 Å². The van der Waals surface area contributed by atoms with Crippen molar-refractivity contribution >= 4 is 27.7 Å². The first-order valence-electron chi connectivity index (χ1n) is 3.81. The molecule has 0 bridgehead atoms. The molecule has 0 aromatic carbocycles. The first-order chi connectivity index (χ1) is 5.65. The number of rotatable bonds is 2. The van der Waals surface area contributed by atoms with E-state index in [1.54, 1.807) is 11.8 Å². The molecule has 0 fully saturated rings. The molecule has 0 saturated carbocycles. The fraction of sp³-hybridized carbons (Fsp3) is 0.333. The quantitative estimate of drug-likeness (QED) is 0.810. The van der Waals surface area contributed by atoms with E-state index in [4.69, 9.17) is 5.73 Å². The zero-order valence-electron chi connectivity index (χ0n) is 7.01. The molecule has 0 aromatic heterocycles. The lowest BCUT2D eigenvalue weighted by molar-refractivity contribution is 0.959. The second kappa shape index (κ2) is 4.30. The van der Waals surface area contributed by atoms with Crippen molar-refractivity contribution in [1.82, 2.24) is 0 Å². The van der Waals surface area contributed by atoms with Gasteiger partial charge in [-0.1, -0.05) is 29.4 Å². The maximum absolute atomic E-state index is 5.92. The molecule has 2 N–H and O–H groups in total. The molecule has 1 rings (SSSR count). The van der Waals surface area contributed by atoms with Crippen molar-refractivity contribution in [2.45, 2.75) is 13.0 Å². The summed E-state index contributed by atoms with van der Waals surface area (Å²) in [4.78, 5) is 1.19. The van der Waals surface area contributed by atoms with E-state index in [0.717, 1.165) is 15.8 Å². The van der Waals surface area contributed by atoms with Crippen molar-refractivity contribution < 1.29 is 0 Å². The Labute approximate surface area is 85.9 Å². The maximum atomic E-state index is 5.92. The standard InChI is InChI=1S/C9H12BrNS/c1-3-12-8-5-7(10)4-6(2)9(8)11/h4-5,9H,2-3,11H2,1H3. The number of thioether (sulfide) groups is 1. The third-order valence-corrected chi connectivity index (χ3v) is 3.07. The molecule has 0 radical (unpaired) electrons. The van der Waals surface area contributed by atoms with Crippen LogP contribution in [0.2, 0.25) is 0 Å². The lowest BCUT2D eigenvalue weighted by Crippen LogP contribution is -2.24. The van der Waals surface area contributed by atoms with Crippen molar-refractivity contribution in [2.24, 2.45) is 5.73 Å². The van der Waals surface area contributed by atoms with Crippen molar-refractivity contribution in [2.75, 3.05) is 5.75 Å². The minimum absolute atomic E-state index is 0.00347. The zero-order valence-corrected chi connectivity index (χ0v) is 9.41. The van der Waals surface area contributed by atoms with Crippen LogP contribution in [0.5, 0.6) is 0 Å². The first kappa shape index (κ1) is 10.1. The molecule has 0 aliphatic heterocycles. The Balaban J connectivity index is 2.83. The maximum Gasteiger partial charge on any atom is 0.0606 e. The second-order valence-corrected chi connectivity index (χ2v) is 4.81. The third-order valence-electron chi connectivity index (χ3n) is 1.62. The number of hydrogen-bond acceptors (Lipinski definition) is 2. The molecular formula is C9H12BrNS. The van der Waals surface area contributed by atoms with Crippen molar-refractivity contribution in [3.63, 3.8) is 0 Å². The highest BCUT2D eigenvalue weighted by molar-refractivity contribution is 9.11. The number of nitrogens with two attached hydrogens (primary N) is 1. The van der Waals surface area contributed by atoms with Crippen LogP contribution in [-0.4, -0.2) is 11.8 Å². The molecule has 66 valence electrons. The molecule has 1 atom stereocenters. The van der Waals surface area contributed by atoms with E-state index in [9.17, 15) is 0 Å². The third kappa shape index (κ3) is 2.25. The molecule has 0 spiro atoms. The van der Waals surface area contributed by atoms with Gasteiger partial charge in [0.1, 0.15) is 0 Å². The number of allylic oxidation sites excluding steroid dienone is 2. The summed E-state index contributed by atoms with van der Waals surface area (Å²) in [5.74, 6) is 1.05. The van der Waals surface area contributed by atoms with Crippen LogP contribution in [0.25, 0.3) is 0 Å². The zero-order chi connectivity index (χ0) is 9.14. The van der Waals surface area contributed by atoms with Crippen LogP contribution >= 0.6 is 27.7 Å². The lowest BCUT2D eigenvalue weighted by Gasteiger charge is -2.19. The van der Waals surface area contributed by atoms with Crippen molar-refractivity contribution in [1.29, 1.82) is 0 Å². The summed E-state index contributed by atoms with van der Waals surface area (Å²) >= 11 is 5.19. The predicted octanol–water partition coefficient (Wildman–Crippen LogP) is 2.80. The molecule has 12 heavy (non-hydrogen) atoms. The molecule has 0 saturated heterocycles. The Morgan fingerprint density at radius 1 is 1.67 bits per heavy atom. The lowest BCUT2D eigenvalue weighted by atomic mass is 10.1. The van der Waals surface area contributed by atoms with Crippen LogP contribution in [0.1, 0.15) is 6.92 Å². The van der Waals surface area contributed by atoms with Crippen LogP contribution in [0.3, 0.4) is 0 Å². The van der Waals surface area contributed by atoms with Gasteiger partial charge in [0.2, 0.25) is 0 Å². The van der Waals surface area contributed by atoms with Gasteiger partial charge in [0.25, 0.3) is 0 Å². The summed E-state index contributed by atoms with van der Waals surface area (Å²) in [7, 11) is 0. The fourth-order valence-corrected chi connectivity index (χ4v) is 2.58. The Kier molecular flexibility index (Phi) is 3.62. The molecule has 0 heterocycles. The molecule has 0 amide bonds. The normalized spacial score (nSPS) is 23.6. The molecule has 3 heteroatoms. The average molecular weight is 246 g/mol. The smallest absolute Gasteiger partial charge is 0.0606 e. The molecule has 1 nitrogen and oxygen atoms in total.